The third-order valence-corrected chi connectivity index (χ3v) is 6.24. The second kappa shape index (κ2) is 7.67. The summed E-state index contributed by atoms with van der Waals surface area (Å²) >= 11 is 12.3. The molecular formula is C21H21Cl2N3O5. The minimum absolute atomic E-state index is 0.266. The molecule has 0 radical (unpaired) electrons. The van der Waals surface area contributed by atoms with Gasteiger partial charge in [0.2, 0.25) is 0 Å². The number of ether oxygens (including phenoxy) is 3. The fraction of sp³-hybridized carbons (Fsp3) is 0.429. The van der Waals surface area contributed by atoms with Crippen LogP contribution in [0.4, 0.5) is 0 Å². The van der Waals surface area contributed by atoms with Crippen LogP contribution in [0.1, 0.15) is 37.3 Å². The van der Waals surface area contributed by atoms with Crippen LogP contribution in [0.5, 0.6) is 0 Å². The fourth-order valence-electron chi connectivity index (χ4n) is 4.41. The molecule has 1 aromatic carbocycles. The maximum atomic E-state index is 11.2. The standard InChI is InChI=1S/C21H21Cl2N3O5/c1-21(2)30-16-15(14(28)12-4-3-11(22)7-10(12)8-27)29-20(17(16)31-21)26-6-5-13-18(23)24-9-25-19(13)26/h3-7,9,14-17,20,27-28H,8H2,1-2H3/t14-,15-,16-,17-,20?/m1/s1. The van der Waals surface area contributed by atoms with Gasteiger partial charge in [-0.1, -0.05) is 29.3 Å². The van der Waals surface area contributed by atoms with Crippen LogP contribution in [0.3, 0.4) is 0 Å². The SMILES string of the molecule is CC1(C)O[C@@H]2[C@@H]([C@H](O)c3ccc(Cl)cc3CO)OC(n3ccc4c(Cl)ncnc43)[C@@H]2O1. The molecule has 4 heterocycles. The van der Waals surface area contributed by atoms with Crippen LogP contribution in [-0.4, -0.2) is 48.8 Å². The van der Waals surface area contributed by atoms with Crippen molar-refractivity contribution in [3.05, 3.63) is 58.1 Å². The molecule has 5 rings (SSSR count). The molecule has 10 heteroatoms. The first-order valence-electron chi connectivity index (χ1n) is 9.84. The van der Waals surface area contributed by atoms with E-state index in [4.69, 9.17) is 37.4 Å². The van der Waals surface area contributed by atoms with E-state index in [9.17, 15) is 10.2 Å². The molecule has 8 nitrogen and oxygen atoms in total. The summed E-state index contributed by atoms with van der Waals surface area (Å²) in [7, 11) is 0. The highest BCUT2D eigenvalue weighted by Crippen LogP contribution is 2.47. The Hall–Kier alpha value is -1.78. The molecule has 0 spiro atoms. The number of fused-ring (bicyclic) bond motifs is 2. The van der Waals surface area contributed by atoms with Crippen molar-refractivity contribution in [3.63, 3.8) is 0 Å². The molecule has 0 amide bonds. The van der Waals surface area contributed by atoms with Crippen LogP contribution in [0, 0.1) is 0 Å². The maximum Gasteiger partial charge on any atom is 0.164 e. The Morgan fingerprint density at radius 2 is 1.94 bits per heavy atom. The average Bonchev–Trinajstić information content (AvgIpc) is 3.38. The second-order valence-electron chi connectivity index (χ2n) is 8.13. The monoisotopic (exact) mass is 465 g/mol. The number of halogens is 2. The molecule has 2 N–H and O–H groups in total. The molecule has 0 saturated carbocycles. The first-order valence-corrected chi connectivity index (χ1v) is 10.6. The first kappa shape index (κ1) is 21.1. The van der Waals surface area contributed by atoms with E-state index in [1.807, 2.05) is 24.5 Å². The number of hydrogen-bond donors (Lipinski definition) is 2. The molecule has 31 heavy (non-hydrogen) atoms. The lowest BCUT2D eigenvalue weighted by Crippen LogP contribution is -2.34. The largest absolute Gasteiger partial charge is 0.392 e. The number of hydrogen-bond acceptors (Lipinski definition) is 7. The quantitative estimate of drug-likeness (QED) is 0.569. The molecule has 2 fully saturated rings. The van der Waals surface area contributed by atoms with E-state index in [0.29, 0.717) is 32.3 Å². The molecular weight excluding hydrogens is 445 g/mol. The minimum atomic E-state index is -1.07. The van der Waals surface area contributed by atoms with Gasteiger partial charge in [0.25, 0.3) is 0 Å². The lowest BCUT2D eigenvalue weighted by molar-refractivity contribution is -0.207. The molecule has 2 aliphatic rings. The third kappa shape index (κ3) is 3.52. The van der Waals surface area contributed by atoms with Gasteiger partial charge in [0.1, 0.15) is 41.5 Å². The molecule has 5 atom stereocenters. The van der Waals surface area contributed by atoms with Gasteiger partial charge in [-0.15, -0.1) is 0 Å². The summed E-state index contributed by atoms with van der Waals surface area (Å²) in [4.78, 5) is 8.36. The van der Waals surface area contributed by atoms with Crippen molar-refractivity contribution in [2.45, 2.75) is 56.9 Å². The predicted octanol–water partition coefficient (Wildman–Crippen LogP) is 3.38. The van der Waals surface area contributed by atoms with E-state index < -0.39 is 36.4 Å². The Balaban J connectivity index is 1.55. The lowest BCUT2D eigenvalue weighted by Gasteiger charge is -2.28. The highest BCUT2D eigenvalue weighted by molar-refractivity contribution is 6.33. The van der Waals surface area contributed by atoms with E-state index in [-0.39, 0.29) is 6.61 Å². The molecule has 0 bridgehead atoms. The summed E-state index contributed by atoms with van der Waals surface area (Å²) < 4.78 is 20.4. The van der Waals surface area contributed by atoms with Gasteiger partial charge < -0.3 is 29.0 Å². The van der Waals surface area contributed by atoms with Gasteiger partial charge in [-0.2, -0.15) is 0 Å². The van der Waals surface area contributed by atoms with Gasteiger partial charge in [0.15, 0.2) is 12.0 Å². The topological polar surface area (TPSA) is 98.9 Å². The van der Waals surface area contributed by atoms with Gasteiger partial charge in [-0.25, -0.2) is 9.97 Å². The van der Waals surface area contributed by atoms with Gasteiger partial charge in [0.05, 0.1) is 12.0 Å². The molecule has 1 unspecified atom stereocenters. The van der Waals surface area contributed by atoms with Crippen molar-refractivity contribution in [1.29, 1.82) is 0 Å². The molecule has 0 aliphatic carbocycles. The van der Waals surface area contributed by atoms with E-state index in [1.165, 1.54) is 6.33 Å². The van der Waals surface area contributed by atoms with Crippen LogP contribution >= 0.6 is 23.2 Å². The van der Waals surface area contributed by atoms with Crippen LogP contribution in [0.15, 0.2) is 36.8 Å². The summed E-state index contributed by atoms with van der Waals surface area (Å²) in [5.41, 5.74) is 1.63. The van der Waals surface area contributed by atoms with Crippen molar-refractivity contribution < 1.29 is 24.4 Å². The van der Waals surface area contributed by atoms with Crippen LogP contribution in [0.2, 0.25) is 10.2 Å². The molecule has 164 valence electrons. The number of aliphatic hydroxyl groups excluding tert-OH is 2. The maximum absolute atomic E-state index is 11.2. The zero-order valence-corrected chi connectivity index (χ0v) is 18.3. The number of aliphatic hydroxyl groups is 2. The van der Waals surface area contributed by atoms with Crippen molar-refractivity contribution in [1.82, 2.24) is 14.5 Å². The van der Waals surface area contributed by atoms with E-state index in [2.05, 4.69) is 9.97 Å². The molecule has 2 aromatic heterocycles. The van der Waals surface area contributed by atoms with Crippen molar-refractivity contribution in [3.8, 4) is 0 Å². The lowest BCUT2D eigenvalue weighted by atomic mass is 9.95. The van der Waals surface area contributed by atoms with Gasteiger partial charge in [0, 0.05) is 11.2 Å². The predicted molar refractivity (Wildman–Crippen MR) is 113 cm³/mol. The van der Waals surface area contributed by atoms with Gasteiger partial charge >= 0.3 is 0 Å². The number of rotatable bonds is 4. The number of nitrogens with zero attached hydrogens (tertiary/aromatic N) is 3. The Morgan fingerprint density at radius 1 is 1.16 bits per heavy atom. The third-order valence-electron chi connectivity index (χ3n) is 5.70. The zero-order chi connectivity index (χ0) is 21.9. The van der Waals surface area contributed by atoms with E-state index in [0.717, 1.165) is 0 Å². The summed E-state index contributed by atoms with van der Waals surface area (Å²) in [5, 5.41) is 22.5. The van der Waals surface area contributed by atoms with Crippen molar-refractivity contribution >= 4 is 34.2 Å². The Morgan fingerprint density at radius 3 is 2.71 bits per heavy atom. The van der Waals surface area contributed by atoms with E-state index in [1.54, 1.807) is 24.4 Å². The van der Waals surface area contributed by atoms with E-state index >= 15 is 0 Å². The second-order valence-corrected chi connectivity index (χ2v) is 8.92. The van der Waals surface area contributed by atoms with Gasteiger partial charge in [-0.05, 0) is 43.2 Å². The van der Waals surface area contributed by atoms with Crippen LogP contribution in [0.25, 0.3) is 11.0 Å². The van der Waals surface area contributed by atoms with Gasteiger partial charge in [-0.3, -0.25) is 0 Å². The normalized spacial score (nSPS) is 28.2. The highest BCUT2D eigenvalue weighted by atomic mass is 35.5. The van der Waals surface area contributed by atoms with Crippen molar-refractivity contribution in [2.24, 2.45) is 0 Å². The number of benzene rings is 1. The summed E-state index contributed by atoms with van der Waals surface area (Å²) in [6, 6.07) is 6.78. The number of aromatic nitrogens is 3. The Bertz CT molecular complexity index is 1140. The zero-order valence-electron chi connectivity index (χ0n) is 16.8. The minimum Gasteiger partial charge on any atom is -0.392 e. The molecule has 2 saturated heterocycles. The smallest absolute Gasteiger partial charge is 0.164 e. The van der Waals surface area contributed by atoms with Crippen LogP contribution < -0.4 is 0 Å². The van der Waals surface area contributed by atoms with Crippen LogP contribution in [-0.2, 0) is 20.8 Å². The fourth-order valence-corrected chi connectivity index (χ4v) is 4.79. The molecule has 3 aromatic rings. The Kier molecular flexibility index (Phi) is 5.22. The Labute approximate surface area is 188 Å². The summed E-state index contributed by atoms with van der Waals surface area (Å²) in [5.74, 6) is -0.856. The summed E-state index contributed by atoms with van der Waals surface area (Å²) in [6.45, 7) is 3.37. The molecule has 2 aliphatic heterocycles. The average molecular weight is 466 g/mol. The summed E-state index contributed by atoms with van der Waals surface area (Å²) in [6.07, 6.45) is -0.294. The van der Waals surface area contributed by atoms with Crippen molar-refractivity contribution in [2.75, 3.05) is 0 Å². The highest BCUT2D eigenvalue weighted by Gasteiger charge is 2.58. The first-order chi connectivity index (χ1) is 14.8.